The zero-order chi connectivity index (χ0) is 14.7. The molecule has 1 saturated heterocycles. The maximum Gasteiger partial charge on any atom is 0.329 e. The first-order valence-electron chi connectivity index (χ1n) is 5.89. The molecule has 102 valence electrons. The fourth-order valence-electron chi connectivity index (χ4n) is 1.92. The molecule has 0 radical (unpaired) electrons. The number of carboxylic acid groups (broad SMARTS) is 1. The van der Waals surface area contributed by atoms with Crippen molar-refractivity contribution in [2.24, 2.45) is 0 Å². The second-order valence-corrected chi connectivity index (χ2v) is 4.27. The molecule has 1 aromatic carbocycles. The summed E-state index contributed by atoms with van der Waals surface area (Å²) in [6, 6.07) is 6.52. The van der Waals surface area contributed by atoms with Crippen molar-refractivity contribution in [1.82, 2.24) is 5.32 Å². The van der Waals surface area contributed by atoms with Crippen LogP contribution in [0.2, 0.25) is 0 Å². The average molecular weight is 273 g/mol. The topological polar surface area (TPSA) is 110 Å². The smallest absolute Gasteiger partial charge is 0.329 e. The van der Waals surface area contributed by atoms with Gasteiger partial charge in [-0.05, 0) is 30.7 Å². The van der Waals surface area contributed by atoms with Crippen molar-refractivity contribution in [3.63, 3.8) is 0 Å². The van der Waals surface area contributed by atoms with Gasteiger partial charge in [0.1, 0.15) is 6.04 Å². The Hall–Kier alpha value is -2.88. The molecule has 1 fully saturated rings. The fraction of sp³-hybridized carbons (Fsp3) is 0.231. The van der Waals surface area contributed by atoms with Gasteiger partial charge in [-0.3, -0.25) is 9.59 Å². The third-order valence-electron chi connectivity index (χ3n) is 2.92. The van der Waals surface area contributed by atoms with Crippen molar-refractivity contribution in [3.8, 4) is 6.07 Å². The molecule has 0 bridgehead atoms. The fourth-order valence-corrected chi connectivity index (χ4v) is 1.92. The molecule has 0 spiro atoms. The lowest BCUT2D eigenvalue weighted by Crippen LogP contribution is -2.31. The molecule has 20 heavy (non-hydrogen) atoms. The number of hydrogen-bond acceptors (Lipinski definition) is 4. The van der Waals surface area contributed by atoms with Gasteiger partial charge in [0.25, 0.3) is 5.91 Å². The average Bonchev–Trinajstić information content (AvgIpc) is 2.71. The zero-order valence-electron chi connectivity index (χ0n) is 10.4. The Balaban J connectivity index is 2.16. The second kappa shape index (κ2) is 5.40. The Kier molecular flexibility index (Phi) is 3.66. The molecule has 7 nitrogen and oxygen atoms in total. The van der Waals surface area contributed by atoms with Crippen molar-refractivity contribution < 1.29 is 19.5 Å². The minimum absolute atomic E-state index is 0.0483. The number of carbonyl (C=O) groups is 3. The standard InChI is InChI=1S/C13H11N3O4/c14-7-8-1-3-9(4-2-8)16-12(19)10(15-13(16)20)5-6-11(17)18/h1-4,10H,5-6H2,(H,15,20)(H,17,18)/t10-/m0/s1. The van der Waals surface area contributed by atoms with Gasteiger partial charge in [-0.25, -0.2) is 9.69 Å². The summed E-state index contributed by atoms with van der Waals surface area (Å²) in [6.45, 7) is 0. The minimum atomic E-state index is -1.02. The number of nitrogens with zero attached hydrogens (tertiary/aromatic N) is 2. The lowest BCUT2D eigenvalue weighted by Gasteiger charge is -2.12. The third-order valence-corrected chi connectivity index (χ3v) is 2.92. The molecule has 1 atom stereocenters. The number of anilines is 1. The highest BCUT2D eigenvalue weighted by Crippen LogP contribution is 2.21. The summed E-state index contributed by atoms with van der Waals surface area (Å²) >= 11 is 0. The predicted molar refractivity (Wildman–Crippen MR) is 67.8 cm³/mol. The first kappa shape index (κ1) is 13.5. The van der Waals surface area contributed by atoms with Crippen LogP contribution in [0.3, 0.4) is 0 Å². The van der Waals surface area contributed by atoms with Crippen LogP contribution < -0.4 is 10.2 Å². The van der Waals surface area contributed by atoms with Crippen LogP contribution in [0.15, 0.2) is 24.3 Å². The molecule has 1 heterocycles. The maximum absolute atomic E-state index is 12.1. The second-order valence-electron chi connectivity index (χ2n) is 4.27. The largest absolute Gasteiger partial charge is 0.481 e. The van der Waals surface area contributed by atoms with Crippen LogP contribution in [0.25, 0.3) is 0 Å². The molecule has 1 aliphatic heterocycles. The molecule has 1 aliphatic rings. The Morgan fingerprint density at radius 1 is 1.35 bits per heavy atom. The number of benzene rings is 1. The summed E-state index contributed by atoms with van der Waals surface area (Å²) in [6.07, 6.45) is -0.148. The van der Waals surface area contributed by atoms with Crippen LogP contribution in [-0.2, 0) is 9.59 Å². The van der Waals surface area contributed by atoms with Crippen molar-refractivity contribution >= 4 is 23.6 Å². The Labute approximate surface area is 114 Å². The highest BCUT2D eigenvalue weighted by Gasteiger charge is 2.38. The Morgan fingerprint density at radius 2 is 2.00 bits per heavy atom. The SMILES string of the molecule is N#Cc1ccc(N2C(=O)N[C@@H](CCC(=O)O)C2=O)cc1. The van der Waals surface area contributed by atoms with E-state index in [1.807, 2.05) is 6.07 Å². The molecule has 1 aromatic rings. The molecule has 0 unspecified atom stereocenters. The van der Waals surface area contributed by atoms with Crippen molar-refractivity contribution in [3.05, 3.63) is 29.8 Å². The van der Waals surface area contributed by atoms with E-state index in [4.69, 9.17) is 10.4 Å². The molecule has 2 rings (SSSR count). The molecule has 0 aromatic heterocycles. The van der Waals surface area contributed by atoms with Crippen molar-refractivity contribution in [2.75, 3.05) is 4.90 Å². The number of rotatable bonds is 4. The highest BCUT2D eigenvalue weighted by molar-refractivity contribution is 6.21. The number of nitriles is 1. The van der Waals surface area contributed by atoms with Gasteiger partial charge in [0.2, 0.25) is 0 Å². The Morgan fingerprint density at radius 3 is 2.55 bits per heavy atom. The number of urea groups is 1. The van der Waals surface area contributed by atoms with Gasteiger partial charge in [0.15, 0.2) is 0 Å². The van der Waals surface area contributed by atoms with E-state index >= 15 is 0 Å². The van der Waals surface area contributed by atoms with Gasteiger partial charge in [-0.1, -0.05) is 0 Å². The maximum atomic E-state index is 12.1. The number of nitrogens with one attached hydrogen (secondary N) is 1. The van der Waals surface area contributed by atoms with E-state index in [0.29, 0.717) is 11.3 Å². The van der Waals surface area contributed by atoms with Crippen LogP contribution in [0.4, 0.5) is 10.5 Å². The Bertz CT molecular complexity index is 603. The number of amides is 3. The van der Waals surface area contributed by atoms with Gasteiger partial charge in [0, 0.05) is 6.42 Å². The highest BCUT2D eigenvalue weighted by atomic mass is 16.4. The number of aliphatic carboxylic acids is 1. The van der Waals surface area contributed by atoms with Crippen LogP contribution in [0.1, 0.15) is 18.4 Å². The molecule has 3 amide bonds. The van der Waals surface area contributed by atoms with Crippen molar-refractivity contribution in [1.29, 1.82) is 5.26 Å². The van der Waals surface area contributed by atoms with Crippen LogP contribution in [0.5, 0.6) is 0 Å². The van der Waals surface area contributed by atoms with E-state index in [1.165, 1.54) is 24.3 Å². The number of carboxylic acids is 1. The van der Waals surface area contributed by atoms with E-state index in [-0.39, 0.29) is 12.8 Å². The van der Waals surface area contributed by atoms with E-state index in [2.05, 4.69) is 5.32 Å². The molecular weight excluding hydrogens is 262 g/mol. The predicted octanol–water partition coefficient (Wildman–Crippen LogP) is 0.848. The van der Waals surface area contributed by atoms with Gasteiger partial charge in [-0.15, -0.1) is 0 Å². The van der Waals surface area contributed by atoms with E-state index < -0.39 is 23.9 Å². The van der Waals surface area contributed by atoms with Crippen LogP contribution in [0, 0.1) is 11.3 Å². The first-order valence-corrected chi connectivity index (χ1v) is 5.89. The monoisotopic (exact) mass is 273 g/mol. The molecular formula is C13H11N3O4. The lowest BCUT2D eigenvalue weighted by molar-refractivity contribution is -0.137. The summed E-state index contributed by atoms with van der Waals surface area (Å²) in [5.41, 5.74) is 0.771. The third kappa shape index (κ3) is 2.59. The van der Waals surface area contributed by atoms with E-state index in [0.717, 1.165) is 4.90 Å². The van der Waals surface area contributed by atoms with Gasteiger partial charge in [0.05, 0.1) is 17.3 Å². The van der Waals surface area contributed by atoms with Gasteiger partial charge in [-0.2, -0.15) is 5.26 Å². The number of hydrogen-bond donors (Lipinski definition) is 2. The van der Waals surface area contributed by atoms with E-state index in [1.54, 1.807) is 0 Å². The lowest BCUT2D eigenvalue weighted by atomic mass is 10.1. The van der Waals surface area contributed by atoms with Crippen LogP contribution >= 0.6 is 0 Å². The van der Waals surface area contributed by atoms with Gasteiger partial charge < -0.3 is 10.4 Å². The van der Waals surface area contributed by atoms with E-state index in [9.17, 15) is 14.4 Å². The summed E-state index contributed by atoms with van der Waals surface area (Å²) in [5, 5.41) is 19.7. The molecule has 7 heteroatoms. The summed E-state index contributed by atoms with van der Waals surface area (Å²) in [7, 11) is 0. The normalized spacial score (nSPS) is 17.8. The molecule has 2 N–H and O–H groups in total. The quantitative estimate of drug-likeness (QED) is 0.790. The molecule has 0 aliphatic carbocycles. The number of carbonyl (C=O) groups excluding carboxylic acids is 2. The minimum Gasteiger partial charge on any atom is -0.481 e. The molecule has 0 saturated carbocycles. The summed E-state index contributed by atoms with van der Waals surface area (Å²) < 4.78 is 0. The first-order chi connectivity index (χ1) is 9.52. The van der Waals surface area contributed by atoms with Crippen molar-refractivity contribution in [2.45, 2.75) is 18.9 Å². The van der Waals surface area contributed by atoms with Crippen LogP contribution in [-0.4, -0.2) is 29.1 Å². The summed E-state index contributed by atoms with van der Waals surface area (Å²) in [4.78, 5) is 35.3. The van der Waals surface area contributed by atoms with Gasteiger partial charge >= 0.3 is 12.0 Å². The zero-order valence-corrected chi connectivity index (χ0v) is 10.4. The number of imide groups is 1. The summed E-state index contributed by atoms with van der Waals surface area (Å²) in [5.74, 6) is -1.51.